The maximum atomic E-state index is 13.3. The lowest BCUT2D eigenvalue weighted by atomic mass is 10.1. The van der Waals surface area contributed by atoms with Crippen LogP contribution < -0.4 is 10.1 Å². The molecule has 0 aliphatic heterocycles. The van der Waals surface area contributed by atoms with E-state index in [0.717, 1.165) is 20.9 Å². The minimum absolute atomic E-state index is 0.287. The first-order valence-corrected chi connectivity index (χ1v) is 13.0. The van der Waals surface area contributed by atoms with Crippen molar-refractivity contribution in [2.75, 3.05) is 12.4 Å². The molecule has 34 heavy (non-hydrogen) atoms. The van der Waals surface area contributed by atoms with Crippen LogP contribution >= 0.6 is 39.5 Å². The molecule has 1 aromatic heterocycles. The van der Waals surface area contributed by atoms with Crippen molar-refractivity contribution in [2.45, 2.75) is 27.6 Å². The lowest BCUT2D eigenvalue weighted by Crippen LogP contribution is -2.16. The van der Waals surface area contributed by atoms with Crippen molar-refractivity contribution in [3.63, 3.8) is 0 Å². The zero-order chi connectivity index (χ0) is 23.9. The van der Waals surface area contributed by atoms with Crippen LogP contribution in [0.3, 0.4) is 0 Å². The molecular weight excluding hydrogens is 530 g/mol. The second-order valence-corrected chi connectivity index (χ2v) is 10.3. The van der Waals surface area contributed by atoms with Crippen LogP contribution in [-0.4, -0.2) is 23.0 Å². The highest BCUT2D eigenvalue weighted by molar-refractivity contribution is 9.10. The number of ether oxygens (including phenoxy) is 1. The Balaban J connectivity index is 1.59. The minimum Gasteiger partial charge on any atom is -0.497 e. The fourth-order valence-corrected chi connectivity index (χ4v) is 5.09. The summed E-state index contributed by atoms with van der Waals surface area (Å²) >= 11 is 6.43. The average Bonchev–Trinajstić information content (AvgIpc) is 2.86. The van der Waals surface area contributed by atoms with Gasteiger partial charge in [0, 0.05) is 27.0 Å². The zero-order valence-electron chi connectivity index (χ0n) is 18.6. The van der Waals surface area contributed by atoms with Crippen LogP contribution in [0, 0.1) is 6.92 Å². The molecule has 0 aliphatic carbocycles. The molecule has 3 aromatic carbocycles. The molecule has 1 N–H and O–H groups in total. The predicted molar refractivity (Wildman–Crippen MR) is 142 cm³/mol. The second-order valence-electron chi connectivity index (χ2n) is 7.32. The number of thioether (sulfide) groups is 1. The summed E-state index contributed by atoms with van der Waals surface area (Å²) in [5, 5.41) is 3.50. The number of aromatic nitrogens is 2. The summed E-state index contributed by atoms with van der Waals surface area (Å²) in [5.41, 5.74) is 3.44. The third kappa shape index (κ3) is 6.40. The molecule has 0 radical (unpaired) electrons. The molecule has 0 fully saturated rings. The second kappa shape index (κ2) is 11.6. The normalized spacial score (nSPS) is 10.7. The molecule has 0 aliphatic rings. The molecule has 4 aromatic rings. The van der Waals surface area contributed by atoms with Crippen LogP contribution in [0.4, 0.5) is 5.69 Å². The third-order valence-corrected chi connectivity index (χ3v) is 7.42. The summed E-state index contributed by atoms with van der Waals surface area (Å²) in [7, 11) is 1.61. The number of nitrogens with zero attached hydrogens (tertiary/aromatic N) is 2. The maximum Gasteiger partial charge on any atom is 0.275 e. The average molecular weight is 553 g/mol. The Labute approximate surface area is 215 Å². The Morgan fingerprint density at radius 1 is 1.03 bits per heavy atom. The largest absolute Gasteiger partial charge is 0.497 e. The molecule has 172 valence electrons. The molecule has 0 atom stereocenters. The number of benzene rings is 3. The highest BCUT2D eigenvalue weighted by Crippen LogP contribution is 2.32. The topological polar surface area (TPSA) is 64.1 Å². The highest BCUT2D eigenvalue weighted by Gasteiger charge is 2.18. The SMILES string of the molecule is COc1ccc(NC(=O)c2nc(SCc3ccccc3C)ncc2Sc2ccc(Br)cc2)cc1. The standard InChI is InChI=1S/C26H22BrN3O2S2/c1-17-5-3-4-6-18(17)16-33-26-28-15-23(34-22-13-7-19(27)8-14-22)24(30-26)25(31)29-20-9-11-21(32-2)12-10-20/h3-15H,16H2,1-2H3,(H,29,31). The molecule has 5 nitrogen and oxygen atoms in total. The first-order valence-electron chi connectivity index (χ1n) is 10.4. The van der Waals surface area contributed by atoms with Crippen molar-refractivity contribution in [1.29, 1.82) is 0 Å². The van der Waals surface area contributed by atoms with Crippen LogP contribution in [-0.2, 0) is 5.75 Å². The lowest BCUT2D eigenvalue weighted by molar-refractivity contribution is 0.101. The predicted octanol–water partition coefficient (Wildman–Crippen LogP) is 7.25. The quantitative estimate of drug-likeness (QED) is 0.184. The van der Waals surface area contributed by atoms with Crippen LogP contribution in [0.25, 0.3) is 0 Å². The smallest absolute Gasteiger partial charge is 0.275 e. The van der Waals surface area contributed by atoms with E-state index >= 15 is 0 Å². The molecule has 1 heterocycles. The minimum atomic E-state index is -0.287. The number of anilines is 1. The summed E-state index contributed by atoms with van der Waals surface area (Å²) in [4.78, 5) is 24.1. The number of hydrogen-bond donors (Lipinski definition) is 1. The van der Waals surface area contributed by atoms with Gasteiger partial charge in [0.25, 0.3) is 5.91 Å². The van der Waals surface area contributed by atoms with E-state index in [0.29, 0.717) is 21.4 Å². The Morgan fingerprint density at radius 2 is 1.76 bits per heavy atom. The van der Waals surface area contributed by atoms with E-state index in [4.69, 9.17) is 4.74 Å². The summed E-state index contributed by atoms with van der Waals surface area (Å²) in [6.45, 7) is 2.09. The third-order valence-electron chi connectivity index (χ3n) is 4.96. The van der Waals surface area contributed by atoms with Gasteiger partial charge in [0.05, 0.1) is 12.0 Å². The monoisotopic (exact) mass is 551 g/mol. The van der Waals surface area contributed by atoms with E-state index < -0.39 is 0 Å². The first-order chi connectivity index (χ1) is 16.5. The van der Waals surface area contributed by atoms with E-state index in [1.807, 2.05) is 36.4 Å². The van der Waals surface area contributed by atoms with Crippen molar-refractivity contribution in [3.05, 3.63) is 100 Å². The van der Waals surface area contributed by atoms with Gasteiger partial charge in [-0.3, -0.25) is 4.79 Å². The van der Waals surface area contributed by atoms with Gasteiger partial charge in [-0.2, -0.15) is 0 Å². The fourth-order valence-electron chi connectivity index (χ4n) is 3.07. The van der Waals surface area contributed by atoms with Gasteiger partial charge in [-0.05, 0) is 66.6 Å². The molecule has 8 heteroatoms. The van der Waals surface area contributed by atoms with Crippen molar-refractivity contribution in [3.8, 4) is 5.75 Å². The van der Waals surface area contributed by atoms with Gasteiger partial charge in [0.1, 0.15) is 11.4 Å². The summed E-state index contributed by atoms with van der Waals surface area (Å²) in [6, 6.07) is 23.3. The van der Waals surface area contributed by atoms with Crippen LogP contribution in [0.15, 0.2) is 98.4 Å². The number of amides is 1. The van der Waals surface area contributed by atoms with E-state index in [1.54, 1.807) is 37.6 Å². The Bertz CT molecular complexity index is 1280. The summed E-state index contributed by atoms with van der Waals surface area (Å²) < 4.78 is 6.19. The van der Waals surface area contributed by atoms with E-state index in [-0.39, 0.29) is 5.91 Å². The Kier molecular flexibility index (Phi) is 8.26. The number of nitrogens with one attached hydrogen (secondary N) is 1. The zero-order valence-corrected chi connectivity index (χ0v) is 21.8. The number of carbonyl (C=O) groups is 1. The lowest BCUT2D eigenvalue weighted by Gasteiger charge is -2.11. The Morgan fingerprint density at radius 3 is 2.47 bits per heavy atom. The highest BCUT2D eigenvalue weighted by atomic mass is 79.9. The van der Waals surface area contributed by atoms with Gasteiger partial charge in [0.15, 0.2) is 5.16 Å². The van der Waals surface area contributed by atoms with Gasteiger partial charge >= 0.3 is 0 Å². The maximum absolute atomic E-state index is 13.3. The molecule has 0 spiro atoms. The van der Waals surface area contributed by atoms with Gasteiger partial charge in [-0.25, -0.2) is 9.97 Å². The van der Waals surface area contributed by atoms with Gasteiger partial charge in [-0.1, -0.05) is 63.7 Å². The van der Waals surface area contributed by atoms with Crippen molar-refractivity contribution >= 4 is 51.0 Å². The molecular formula is C26H22BrN3O2S2. The number of methoxy groups -OCH3 is 1. The Hall–Kier alpha value is -2.81. The van der Waals surface area contributed by atoms with Crippen molar-refractivity contribution in [1.82, 2.24) is 9.97 Å². The summed E-state index contributed by atoms with van der Waals surface area (Å²) in [6.07, 6.45) is 1.73. The summed E-state index contributed by atoms with van der Waals surface area (Å²) in [5.74, 6) is 1.16. The van der Waals surface area contributed by atoms with Crippen LogP contribution in [0.2, 0.25) is 0 Å². The number of hydrogen-bond acceptors (Lipinski definition) is 6. The molecule has 0 saturated heterocycles. The van der Waals surface area contributed by atoms with Crippen LogP contribution in [0.5, 0.6) is 5.75 Å². The van der Waals surface area contributed by atoms with Crippen molar-refractivity contribution in [2.24, 2.45) is 0 Å². The van der Waals surface area contributed by atoms with Gasteiger partial charge in [-0.15, -0.1) is 0 Å². The number of carbonyl (C=O) groups excluding carboxylic acids is 1. The molecule has 0 unspecified atom stereocenters. The van der Waals surface area contributed by atoms with E-state index in [1.165, 1.54) is 34.7 Å². The van der Waals surface area contributed by atoms with E-state index in [9.17, 15) is 4.79 Å². The van der Waals surface area contributed by atoms with Gasteiger partial charge < -0.3 is 10.1 Å². The first kappa shape index (κ1) is 24.3. The van der Waals surface area contributed by atoms with Crippen molar-refractivity contribution < 1.29 is 9.53 Å². The van der Waals surface area contributed by atoms with E-state index in [2.05, 4.69) is 50.3 Å². The fraction of sp³-hybridized carbons (Fsp3) is 0.115. The number of aryl methyl sites for hydroxylation is 1. The molecule has 1 amide bonds. The number of rotatable bonds is 8. The molecule has 4 rings (SSSR count). The number of halogens is 1. The van der Waals surface area contributed by atoms with Gasteiger partial charge in [0.2, 0.25) is 0 Å². The van der Waals surface area contributed by atoms with Crippen LogP contribution in [0.1, 0.15) is 21.6 Å². The molecule has 0 saturated carbocycles. The molecule has 0 bridgehead atoms.